The SMILES string of the molecule is CN[C@@H](C)c1ccn(C)c1. The second-order valence-corrected chi connectivity index (χ2v) is 2.62. The van der Waals surface area contributed by atoms with Gasteiger partial charge in [-0.1, -0.05) is 0 Å². The standard InChI is InChI=1S/C8H14N2/c1-7(9-2)8-4-5-10(3)6-8/h4-7,9H,1-3H3/t7-/m0/s1. The van der Waals surface area contributed by atoms with Crippen LogP contribution in [0.25, 0.3) is 0 Å². The number of nitrogens with one attached hydrogen (secondary N) is 1. The molecule has 0 amide bonds. The molecule has 0 saturated carbocycles. The third-order valence-electron chi connectivity index (χ3n) is 1.79. The fourth-order valence-electron chi connectivity index (χ4n) is 0.948. The number of aryl methyl sites for hydroxylation is 1. The monoisotopic (exact) mass is 138 g/mol. The number of rotatable bonds is 2. The Kier molecular flexibility index (Phi) is 2.12. The third kappa shape index (κ3) is 1.39. The topological polar surface area (TPSA) is 17.0 Å². The molecule has 0 saturated heterocycles. The molecule has 1 rings (SSSR count). The summed E-state index contributed by atoms with van der Waals surface area (Å²) in [6.45, 7) is 2.15. The van der Waals surface area contributed by atoms with E-state index >= 15 is 0 Å². The van der Waals surface area contributed by atoms with Crippen molar-refractivity contribution in [3.05, 3.63) is 24.0 Å². The molecule has 0 bridgehead atoms. The van der Waals surface area contributed by atoms with E-state index in [1.807, 2.05) is 14.1 Å². The van der Waals surface area contributed by atoms with Crippen LogP contribution in [0, 0.1) is 0 Å². The zero-order valence-electron chi connectivity index (χ0n) is 6.76. The van der Waals surface area contributed by atoms with E-state index < -0.39 is 0 Å². The minimum atomic E-state index is 0.459. The number of hydrogen-bond donors (Lipinski definition) is 1. The van der Waals surface area contributed by atoms with Gasteiger partial charge in [0.05, 0.1) is 0 Å². The van der Waals surface area contributed by atoms with Crippen LogP contribution < -0.4 is 5.32 Å². The zero-order valence-corrected chi connectivity index (χ0v) is 6.76. The van der Waals surface area contributed by atoms with Crippen molar-refractivity contribution in [2.75, 3.05) is 7.05 Å². The van der Waals surface area contributed by atoms with Crippen LogP contribution in [-0.2, 0) is 7.05 Å². The van der Waals surface area contributed by atoms with Gasteiger partial charge in [0.15, 0.2) is 0 Å². The molecule has 0 radical (unpaired) electrons. The molecule has 1 aromatic heterocycles. The summed E-state index contributed by atoms with van der Waals surface area (Å²) in [5.41, 5.74) is 1.34. The van der Waals surface area contributed by atoms with Crippen molar-refractivity contribution in [2.45, 2.75) is 13.0 Å². The number of nitrogens with zero attached hydrogens (tertiary/aromatic N) is 1. The molecule has 0 unspecified atom stereocenters. The first-order valence-corrected chi connectivity index (χ1v) is 3.53. The summed E-state index contributed by atoms with van der Waals surface area (Å²) in [5.74, 6) is 0. The van der Waals surface area contributed by atoms with Gasteiger partial charge in [-0.2, -0.15) is 0 Å². The van der Waals surface area contributed by atoms with E-state index in [4.69, 9.17) is 0 Å². The summed E-state index contributed by atoms with van der Waals surface area (Å²) in [6.07, 6.45) is 4.18. The summed E-state index contributed by atoms with van der Waals surface area (Å²) in [4.78, 5) is 0. The largest absolute Gasteiger partial charge is 0.357 e. The van der Waals surface area contributed by atoms with Gasteiger partial charge in [0.2, 0.25) is 0 Å². The highest BCUT2D eigenvalue weighted by atomic mass is 14.9. The molecule has 0 fully saturated rings. The van der Waals surface area contributed by atoms with Gasteiger partial charge in [-0.15, -0.1) is 0 Å². The third-order valence-corrected chi connectivity index (χ3v) is 1.79. The molecular weight excluding hydrogens is 124 g/mol. The maximum atomic E-state index is 3.18. The van der Waals surface area contributed by atoms with Crippen LogP contribution in [0.15, 0.2) is 18.5 Å². The van der Waals surface area contributed by atoms with Crippen molar-refractivity contribution in [1.82, 2.24) is 9.88 Å². The summed E-state index contributed by atoms with van der Waals surface area (Å²) >= 11 is 0. The number of hydrogen-bond acceptors (Lipinski definition) is 1. The number of aromatic nitrogens is 1. The van der Waals surface area contributed by atoms with E-state index in [-0.39, 0.29) is 0 Å². The second kappa shape index (κ2) is 2.88. The Hall–Kier alpha value is -0.760. The van der Waals surface area contributed by atoms with Gasteiger partial charge in [-0.25, -0.2) is 0 Å². The molecule has 1 atom stereocenters. The molecule has 0 aromatic carbocycles. The van der Waals surface area contributed by atoms with E-state index in [2.05, 4.69) is 35.3 Å². The molecule has 10 heavy (non-hydrogen) atoms. The minimum absolute atomic E-state index is 0.459. The van der Waals surface area contributed by atoms with Gasteiger partial charge in [0.1, 0.15) is 0 Å². The van der Waals surface area contributed by atoms with Crippen molar-refractivity contribution in [3.8, 4) is 0 Å². The van der Waals surface area contributed by atoms with E-state index in [0.29, 0.717) is 6.04 Å². The normalized spacial score (nSPS) is 13.5. The first kappa shape index (κ1) is 7.35. The summed E-state index contributed by atoms with van der Waals surface area (Å²) in [6, 6.07) is 2.59. The van der Waals surface area contributed by atoms with Crippen LogP contribution in [0.4, 0.5) is 0 Å². The molecule has 0 aliphatic rings. The Balaban J connectivity index is 2.74. The zero-order chi connectivity index (χ0) is 7.56. The lowest BCUT2D eigenvalue weighted by Crippen LogP contribution is -2.11. The van der Waals surface area contributed by atoms with Crippen molar-refractivity contribution in [3.63, 3.8) is 0 Å². The molecule has 2 nitrogen and oxygen atoms in total. The molecular formula is C8H14N2. The van der Waals surface area contributed by atoms with E-state index in [9.17, 15) is 0 Å². The predicted molar refractivity (Wildman–Crippen MR) is 42.9 cm³/mol. The van der Waals surface area contributed by atoms with Crippen LogP contribution in [0.3, 0.4) is 0 Å². The highest BCUT2D eigenvalue weighted by Crippen LogP contribution is 2.10. The fourth-order valence-corrected chi connectivity index (χ4v) is 0.948. The van der Waals surface area contributed by atoms with Crippen LogP contribution in [0.5, 0.6) is 0 Å². The minimum Gasteiger partial charge on any atom is -0.357 e. The Morgan fingerprint density at radius 3 is 2.70 bits per heavy atom. The summed E-state index contributed by atoms with van der Waals surface area (Å²) < 4.78 is 2.06. The quantitative estimate of drug-likeness (QED) is 0.652. The van der Waals surface area contributed by atoms with Crippen LogP contribution in [0.1, 0.15) is 18.5 Å². The Bertz CT molecular complexity index is 203. The lowest BCUT2D eigenvalue weighted by molar-refractivity contribution is 0.651. The van der Waals surface area contributed by atoms with Gasteiger partial charge in [0, 0.05) is 25.5 Å². The summed E-state index contributed by atoms with van der Waals surface area (Å²) in [5, 5.41) is 3.18. The maximum absolute atomic E-state index is 3.18. The molecule has 1 N–H and O–H groups in total. The first-order valence-electron chi connectivity index (χ1n) is 3.53. The maximum Gasteiger partial charge on any atom is 0.0304 e. The van der Waals surface area contributed by atoms with Crippen LogP contribution in [-0.4, -0.2) is 11.6 Å². The van der Waals surface area contributed by atoms with Gasteiger partial charge in [-0.3, -0.25) is 0 Å². The van der Waals surface area contributed by atoms with Crippen LogP contribution >= 0.6 is 0 Å². The lowest BCUT2D eigenvalue weighted by Gasteiger charge is -2.05. The van der Waals surface area contributed by atoms with E-state index in [1.165, 1.54) is 5.56 Å². The van der Waals surface area contributed by atoms with Crippen molar-refractivity contribution in [1.29, 1.82) is 0 Å². The molecule has 1 heterocycles. The molecule has 0 spiro atoms. The molecule has 0 aliphatic carbocycles. The lowest BCUT2D eigenvalue weighted by atomic mass is 10.2. The highest BCUT2D eigenvalue weighted by molar-refractivity contribution is 5.13. The Labute approximate surface area is 61.9 Å². The van der Waals surface area contributed by atoms with Crippen molar-refractivity contribution >= 4 is 0 Å². The van der Waals surface area contributed by atoms with Gasteiger partial charge in [0.25, 0.3) is 0 Å². The van der Waals surface area contributed by atoms with E-state index in [1.54, 1.807) is 0 Å². The van der Waals surface area contributed by atoms with Gasteiger partial charge < -0.3 is 9.88 Å². The fraction of sp³-hybridized carbons (Fsp3) is 0.500. The average molecular weight is 138 g/mol. The molecule has 0 aliphatic heterocycles. The van der Waals surface area contributed by atoms with Gasteiger partial charge in [-0.05, 0) is 25.6 Å². The molecule has 56 valence electrons. The Morgan fingerprint density at radius 2 is 2.30 bits per heavy atom. The van der Waals surface area contributed by atoms with Gasteiger partial charge >= 0.3 is 0 Å². The predicted octanol–water partition coefficient (Wildman–Crippen LogP) is 1.31. The highest BCUT2D eigenvalue weighted by Gasteiger charge is 2.01. The molecule has 1 aromatic rings. The smallest absolute Gasteiger partial charge is 0.0304 e. The van der Waals surface area contributed by atoms with Crippen LogP contribution in [0.2, 0.25) is 0 Å². The average Bonchev–Trinajstić information content (AvgIpc) is 2.34. The second-order valence-electron chi connectivity index (χ2n) is 2.62. The van der Waals surface area contributed by atoms with Crippen molar-refractivity contribution < 1.29 is 0 Å². The summed E-state index contributed by atoms with van der Waals surface area (Å²) in [7, 11) is 4.00. The van der Waals surface area contributed by atoms with E-state index in [0.717, 1.165) is 0 Å². The van der Waals surface area contributed by atoms with Crippen molar-refractivity contribution in [2.24, 2.45) is 7.05 Å². The Morgan fingerprint density at radius 1 is 1.60 bits per heavy atom. The molecule has 2 heteroatoms. The first-order chi connectivity index (χ1) is 4.74.